The number of pyridine rings is 1. The zero-order valence-corrected chi connectivity index (χ0v) is 17.2. The van der Waals surface area contributed by atoms with E-state index in [1.807, 2.05) is 23.7 Å². The number of hydrogen-bond donors (Lipinski definition) is 3. The molecule has 3 aromatic rings. The number of carbonyl (C=O) groups excluding carboxylic acids is 1. The largest absolute Gasteiger partial charge is 0.396 e. The molecule has 1 atom stereocenters. The summed E-state index contributed by atoms with van der Waals surface area (Å²) >= 11 is 1.59. The minimum Gasteiger partial charge on any atom is -0.396 e. The van der Waals surface area contributed by atoms with E-state index in [4.69, 9.17) is 0 Å². The fraction of sp³-hybridized carbons (Fsp3) is 0.450. The van der Waals surface area contributed by atoms with E-state index in [0.717, 1.165) is 42.2 Å². The average Bonchev–Trinajstić information content (AvgIpc) is 3.35. The summed E-state index contributed by atoms with van der Waals surface area (Å²) in [7, 11) is 0. The Hall–Kier alpha value is -2.49. The van der Waals surface area contributed by atoms with Crippen LogP contribution in [0.25, 0.3) is 4.96 Å². The van der Waals surface area contributed by atoms with E-state index in [-0.39, 0.29) is 24.3 Å². The summed E-state index contributed by atoms with van der Waals surface area (Å²) in [4.78, 5) is 36.5. The molecule has 1 amide bonds. The molecule has 0 saturated carbocycles. The van der Waals surface area contributed by atoms with Crippen LogP contribution in [0, 0.1) is 6.92 Å². The number of aromatic amines is 1. The molecule has 4 heterocycles. The Labute approximate surface area is 172 Å². The fourth-order valence-corrected chi connectivity index (χ4v) is 4.72. The molecule has 4 rings (SSSR count). The number of aromatic nitrogens is 3. The van der Waals surface area contributed by atoms with Crippen LogP contribution in [-0.4, -0.2) is 49.5 Å². The summed E-state index contributed by atoms with van der Waals surface area (Å²) in [6.07, 6.45) is 6.78. The van der Waals surface area contributed by atoms with Gasteiger partial charge in [0.15, 0.2) is 4.96 Å². The van der Waals surface area contributed by atoms with E-state index in [1.54, 1.807) is 23.5 Å². The highest BCUT2D eigenvalue weighted by atomic mass is 32.1. The SMILES string of the molecule is Cc1cn2cc(CNC(=O)c3ccc(CN4CCCC4CCO)[nH]c3=O)nc2s1. The molecule has 1 saturated heterocycles. The van der Waals surface area contributed by atoms with Gasteiger partial charge < -0.3 is 15.4 Å². The summed E-state index contributed by atoms with van der Waals surface area (Å²) in [6.45, 7) is 4.03. The van der Waals surface area contributed by atoms with Crippen LogP contribution in [0.15, 0.2) is 29.3 Å². The van der Waals surface area contributed by atoms with E-state index < -0.39 is 5.91 Å². The van der Waals surface area contributed by atoms with Crippen LogP contribution < -0.4 is 10.9 Å². The molecule has 0 aromatic carbocycles. The standard InChI is InChI=1S/C20H25N5O3S/c1-13-10-25-12-15(23-20(25)29-13)9-21-18(27)17-5-4-14(22-19(17)28)11-24-7-2-3-16(24)6-8-26/h4-5,10,12,16,26H,2-3,6-9,11H2,1H3,(H,21,27)(H,22,28). The summed E-state index contributed by atoms with van der Waals surface area (Å²) in [5.41, 5.74) is 1.24. The highest BCUT2D eigenvalue weighted by molar-refractivity contribution is 7.16. The van der Waals surface area contributed by atoms with Crippen molar-refractivity contribution in [3.05, 3.63) is 56.7 Å². The Balaban J connectivity index is 1.38. The molecule has 3 N–H and O–H groups in total. The van der Waals surface area contributed by atoms with Crippen molar-refractivity contribution < 1.29 is 9.90 Å². The van der Waals surface area contributed by atoms with E-state index in [1.165, 1.54) is 4.88 Å². The highest BCUT2D eigenvalue weighted by Crippen LogP contribution is 2.21. The zero-order chi connectivity index (χ0) is 20.4. The van der Waals surface area contributed by atoms with Crippen LogP contribution in [0.1, 0.15) is 45.9 Å². The molecule has 0 radical (unpaired) electrons. The molecule has 1 aliphatic rings. The third kappa shape index (κ3) is 4.42. The second-order valence-corrected chi connectivity index (χ2v) is 8.66. The predicted octanol–water partition coefficient (Wildman–Crippen LogP) is 1.67. The quantitative estimate of drug-likeness (QED) is 0.545. The summed E-state index contributed by atoms with van der Waals surface area (Å²) in [5.74, 6) is -0.412. The number of H-pyrrole nitrogens is 1. The topological polar surface area (TPSA) is 103 Å². The van der Waals surface area contributed by atoms with Gasteiger partial charge in [0.05, 0.1) is 12.2 Å². The lowest BCUT2D eigenvalue weighted by atomic mass is 10.1. The third-order valence-corrected chi connectivity index (χ3v) is 6.21. The number of carbonyl (C=O) groups is 1. The normalized spacial score (nSPS) is 17.2. The van der Waals surface area contributed by atoms with Crippen LogP contribution in [0.5, 0.6) is 0 Å². The van der Waals surface area contributed by atoms with Gasteiger partial charge in [-0.05, 0) is 44.9 Å². The van der Waals surface area contributed by atoms with Crippen molar-refractivity contribution in [2.24, 2.45) is 0 Å². The molecule has 8 nitrogen and oxygen atoms in total. The van der Waals surface area contributed by atoms with Crippen LogP contribution in [0.4, 0.5) is 0 Å². The Morgan fingerprint density at radius 2 is 2.28 bits per heavy atom. The number of thiazole rings is 1. The predicted molar refractivity (Wildman–Crippen MR) is 111 cm³/mol. The molecule has 0 aliphatic carbocycles. The fourth-order valence-electron chi connectivity index (χ4n) is 3.89. The lowest BCUT2D eigenvalue weighted by Gasteiger charge is -2.23. The molecule has 0 bridgehead atoms. The van der Waals surface area contributed by atoms with Gasteiger partial charge in [0.25, 0.3) is 11.5 Å². The van der Waals surface area contributed by atoms with Gasteiger partial charge in [-0.25, -0.2) is 4.98 Å². The number of nitrogens with one attached hydrogen (secondary N) is 2. The molecule has 1 unspecified atom stereocenters. The number of nitrogens with zero attached hydrogens (tertiary/aromatic N) is 3. The minimum absolute atomic E-state index is 0.0962. The van der Waals surface area contributed by atoms with Gasteiger partial charge in [0.2, 0.25) is 0 Å². The zero-order valence-electron chi connectivity index (χ0n) is 16.4. The Morgan fingerprint density at radius 1 is 1.41 bits per heavy atom. The van der Waals surface area contributed by atoms with Crippen molar-refractivity contribution in [1.82, 2.24) is 24.6 Å². The van der Waals surface area contributed by atoms with Crippen molar-refractivity contribution in [2.75, 3.05) is 13.2 Å². The van der Waals surface area contributed by atoms with Gasteiger partial charge in [0.1, 0.15) is 5.56 Å². The molecule has 3 aromatic heterocycles. The molecule has 0 spiro atoms. The van der Waals surface area contributed by atoms with E-state index >= 15 is 0 Å². The number of aliphatic hydroxyl groups is 1. The maximum absolute atomic E-state index is 12.4. The van der Waals surface area contributed by atoms with Crippen LogP contribution in [0.3, 0.4) is 0 Å². The first-order valence-corrected chi connectivity index (χ1v) is 10.6. The van der Waals surface area contributed by atoms with Gasteiger partial charge in [-0.3, -0.25) is 18.9 Å². The van der Waals surface area contributed by atoms with Gasteiger partial charge in [-0.2, -0.15) is 0 Å². The second kappa shape index (κ2) is 8.48. The van der Waals surface area contributed by atoms with Crippen molar-refractivity contribution in [2.45, 2.75) is 45.3 Å². The first-order valence-electron chi connectivity index (χ1n) is 9.83. The third-order valence-electron chi connectivity index (χ3n) is 5.30. The number of imidazole rings is 1. The molecule has 29 heavy (non-hydrogen) atoms. The lowest BCUT2D eigenvalue weighted by molar-refractivity contribution is 0.0949. The van der Waals surface area contributed by atoms with Crippen molar-refractivity contribution >= 4 is 22.2 Å². The number of aryl methyl sites for hydroxylation is 1. The van der Waals surface area contributed by atoms with Gasteiger partial charge >= 0.3 is 0 Å². The Bertz CT molecular complexity index is 1040. The monoisotopic (exact) mass is 415 g/mol. The van der Waals surface area contributed by atoms with Crippen LogP contribution in [0.2, 0.25) is 0 Å². The molecular formula is C20H25N5O3S. The van der Waals surface area contributed by atoms with Crippen LogP contribution in [-0.2, 0) is 13.1 Å². The first-order chi connectivity index (χ1) is 14.0. The van der Waals surface area contributed by atoms with E-state index in [9.17, 15) is 14.7 Å². The number of rotatable bonds is 7. The number of hydrogen-bond acceptors (Lipinski definition) is 6. The number of likely N-dealkylation sites (tertiary alicyclic amines) is 1. The van der Waals surface area contributed by atoms with Gasteiger partial charge in [-0.15, -0.1) is 11.3 Å². The molecule has 1 fully saturated rings. The van der Waals surface area contributed by atoms with Crippen LogP contribution >= 0.6 is 11.3 Å². The maximum atomic E-state index is 12.4. The molecular weight excluding hydrogens is 390 g/mol. The molecule has 9 heteroatoms. The Morgan fingerprint density at radius 3 is 3.03 bits per heavy atom. The maximum Gasteiger partial charge on any atom is 0.261 e. The smallest absolute Gasteiger partial charge is 0.261 e. The van der Waals surface area contributed by atoms with E-state index in [0.29, 0.717) is 12.6 Å². The van der Waals surface area contributed by atoms with Crippen molar-refractivity contribution in [3.63, 3.8) is 0 Å². The summed E-state index contributed by atoms with van der Waals surface area (Å²) in [6, 6.07) is 3.72. The van der Waals surface area contributed by atoms with Crippen molar-refractivity contribution in [3.8, 4) is 0 Å². The Kier molecular flexibility index (Phi) is 5.79. The van der Waals surface area contributed by atoms with Gasteiger partial charge in [-0.1, -0.05) is 0 Å². The summed E-state index contributed by atoms with van der Waals surface area (Å²) < 4.78 is 1.94. The average molecular weight is 416 g/mol. The van der Waals surface area contributed by atoms with E-state index in [2.05, 4.69) is 20.2 Å². The number of aliphatic hydroxyl groups excluding tert-OH is 1. The van der Waals surface area contributed by atoms with Gasteiger partial charge in [0, 0.05) is 42.2 Å². The highest BCUT2D eigenvalue weighted by Gasteiger charge is 2.24. The molecule has 154 valence electrons. The number of fused-ring (bicyclic) bond motifs is 1. The first kappa shape index (κ1) is 19.8. The van der Waals surface area contributed by atoms with Crippen molar-refractivity contribution in [1.29, 1.82) is 0 Å². The molecule has 1 aliphatic heterocycles. The summed E-state index contributed by atoms with van der Waals surface area (Å²) in [5, 5.41) is 12.0. The second-order valence-electron chi connectivity index (χ2n) is 7.45. The minimum atomic E-state index is -0.412. The lowest BCUT2D eigenvalue weighted by Crippen LogP contribution is -2.32. The number of amides is 1.